The molecule has 7 fully saturated rings. The zero-order valence-corrected chi connectivity index (χ0v) is 25.5. The summed E-state index contributed by atoms with van der Waals surface area (Å²) in [5, 5.41) is 7.89. The van der Waals surface area contributed by atoms with Gasteiger partial charge in [-0.25, -0.2) is 14.4 Å². The van der Waals surface area contributed by atoms with Crippen molar-refractivity contribution in [2.24, 2.45) is 10.8 Å². The predicted molar refractivity (Wildman–Crippen MR) is 161 cm³/mol. The molecule has 43 heavy (non-hydrogen) atoms. The molecule has 4 bridgehead atoms. The third-order valence-electron chi connectivity index (χ3n) is 11.2. The summed E-state index contributed by atoms with van der Waals surface area (Å²) in [5.41, 5.74) is 0.722. The molecule has 7 aliphatic rings. The molecule has 1 amide bonds. The second kappa shape index (κ2) is 9.08. The van der Waals surface area contributed by atoms with Crippen molar-refractivity contribution in [2.75, 3.05) is 16.8 Å². The van der Waals surface area contributed by atoms with E-state index in [1.165, 1.54) is 12.8 Å². The molecule has 10 rings (SSSR count). The van der Waals surface area contributed by atoms with Gasteiger partial charge in [0.2, 0.25) is 11.8 Å². The van der Waals surface area contributed by atoms with Crippen LogP contribution in [-0.2, 0) is 15.6 Å². The van der Waals surface area contributed by atoms with E-state index in [-0.39, 0.29) is 22.2 Å². The highest BCUT2D eigenvalue weighted by atomic mass is 19.1. The lowest BCUT2D eigenvalue weighted by molar-refractivity contribution is -0.211. The minimum atomic E-state index is -1.12. The lowest BCUT2D eigenvalue weighted by Crippen LogP contribution is -2.71. The molecule has 226 valence electrons. The Bertz CT molecular complexity index is 1530. The molecule has 0 unspecified atom stereocenters. The van der Waals surface area contributed by atoms with E-state index in [0.717, 1.165) is 67.2 Å². The summed E-state index contributed by atoms with van der Waals surface area (Å²) in [5.74, 6) is 3.06. The Hall–Kier alpha value is -3.36. The Labute approximate surface area is 252 Å². The fourth-order valence-electron chi connectivity index (χ4n) is 8.25. The number of alkyl halides is 1. The van der Waals surface area contributed by atoms with E-state index in [2.05, 4.69) is 41.2 Å². The van der Waals surface area contributed by atoms with Crippen molar-refractivity contribution in [1.82, 2.24) is 20.1 Å². The highest BCUT2D eigenvalue weighted by molar-refractivity contribution is 6.00. The summed E-state index contributed by atoms with van der Waals surface area (Å²) in [7, 11) is 0. The van der Waals surface area contributed by atoms with Crippen LogP contribution in [0.25, 0.3) is 0 Å². The number of anilines is 3. The van der Waals surface area contributed by atoms with Gasteiger partial charge >= 0.3 is 0 Å². The number of fused-ring (bicyclic) bond motifs is 3. The average molecular weight is 585 g/mol. The van der Waals surface area contributed by atoms with Crippen molar-refractivity contribution in [3.8, 4) is 0 Å². The normalized spacial score (nSPS) is 32.6. The van der Waals surface area contributed by atoms with E-state index in [4.69, 9.17) is 9.51 Å². The molecule has 0 aliphatic heterocycles. The topological polar surface area (TPSA) is 97.0 Å². The van der Waals surface area contributed by atoms with Gasteiger partial charge in [-0.1, -0.05) is 32.0 Å². The smallest absolute Gasteiger partial charge is 0.233 e. The van der Waals surface area contributed by atoms with Crippen molar-refractivity contribution >= 4 is 23.0 Å². The number of amides is 1. The number of benzene rings is 1. The fourth-order valence-corrected chi connectivity index (χ4v) is 8.25. The zero-order chi connectivity index (χ0) is 29.7. The summed E-state index contributed by atoms with van der Waals surface area (Å²) >= 11 is 0. The first-order valence-corrected chi connectivity index (χ1v) is 16.0. The molecule has 8 nitrogen and oxygen atoms in total. The van der Waals surface area contributed by atoms with Crippen LogP contribution in [0.5, 0.6) is 0 Å². The standard InChI is InChI=1S/C34H41FN6O2/c1-30(2,3)28-39-27(40-43-28)32-12-9-31(10-13-32,11-14-32)21-41(29(42)33-18-34(35,19-33)20-33)25-6-4-5-23(15-25)38-24-16-36-26(37-17-24)22-7-8-22/h4-6,15-17,22,38H,7-14,18-21H2,1-3H3. The molecule has 1 N–H and O–H groups in total. The molecular weight excluding hydrogens is 543 g/mol. The summed E-state index contributed by atoms with van der Waals surface area (Å²) in [6, 6.07) is 8.06. The lowest BCUT2D eigenvalue weighted by Gasteiger charge is -2.65. The Kier molecular flexibility index (Phi) is 5.75. The Morgan fingerprint density at radius 3 is 2.28 bits per heavy atom. The van der Waals surface area contributed by atoms with Gasteiger partial charge in [0, 0.05) is 34.7 Å². The molecule has 9 heteroatoms. The molecule has 0 radical (unpaired) electrons. The van der Waals surface area contributed by atoms with Crippen molar-refractivity contribution in [3.05, 3.63) is 54.2 Å². The van der Waals surface area contributed by atoms with Crippen molar-refractivity contribution in [1.29, 1.82) is 0 Å². The van der Waals surface area contributed by atoms with Gasteiger partial charge in [0.1, 0.15) is 11.5 Å². The number of carbonyl (C=O) groups is 1. The lowest BCUT2D eigenvalue weighted by atomic mass is 9.41. The number of rotatable bonds is 8. The van der Waals surface area contributed by atoms with Crippen LogP contribution in [0.3, 0.4) is 0 Å². The van der Waals surface area contributed by atoms with Crippen LogP contribution in [0.2, 0.25) is 0 Å². The second-order valence-corrected chi connectivity index (χ2v) is 15.6. The molecule has 0 saturated heterocycles. The first-order valence-electron chi connectivity index (χ1n) is 16.0. The third kappa shape index (κ3) is 4.56. The molecule has 3 aromatic rings. The number of aromatic nitrogens is 4. The minimum absolute atomic E-state index is 0.0286. The van der Waals surface area contributed by atoms with Crippen LogP contribution in [0, 0.1) is 10.8 Å². The van der Waals surface area contributed by atoms with Crippen LogP contribution < -0.4 is 10.2 Å². The molecule has 7 aliphatic carbocycles. The van der Waals surface area contributed by atoms with Crippen LogP contribution in [0.4, 0.5) is 21.5 Å². The summed E-state index contributed by atoms with van der Waals surface area (Å²) < 4.78 is 20.3. The Balaban J connectivity index is 1.03. The Morgan fingerprint density at radius 2 is 1.70 bits per heavy atom. The number of nitrogens with one attached hydrogen (secondary N) is 1. The van der Waals surface area contributed by atoms with E-state index < -0.39 is 11.1 Å². The first-order chi connectivity index (χ1) is 20.5. The van der Waals surface area contributed by atoms with Gasteiger partial charge in [-0.15, -0.1) is 0 Å². The molecule has 7 saturated carbocycles. The van der Waals surface area contributed by atoms with Gasteiger partial charge in [-0.05, 0) is 94.2 Å². The average Bonchev–Trinajstić information content (AvgIpc) is 3.68. The van der Waals surface area contributed by atoms with Gasteiger partial charge in [0.05, 0.1) is 23.5 Å². The summed E-state index contributed by atoms with van der Waals surface area (Å²) in [6.45, 7) is 6.95. The van der Waals surface area contributed by atoms with Crippen molar-refractivity contribution < 1.29 is 13.7 Å². The number of carbonyl (C=O) groups excluding carboxylic acids is 1. The number of nitrogens with zero attached hydrogens (tertiary/aromatic N) is 5. The van der Waals surface area contributed by atoms with Gasteiger partial charge in [-0.3, -0.25) is 4.79 Å². The van der Waals surface area contributed by atoms with Crippen LogP contribution in [-0.4, -0.2) is 38.2 Å². The predicted octanol–water partition coefficient (Wildman–Crippen LogP) is 7.30. The number of hydrogen-bond donors (Lipinski definition) is 1. The maximum absolute atomic E-state index is 14.6. The van der Waals surface area contributed by atoms with Crippen molar-refractivity contribution in [2.45, 2.75) is 114 Å². The first kappa shape index (κ1) is 27.2. The van der Waals surface area contributed by atoms with Gasteiger partial charge in [-0.2, -0.15) is 4.98 Å². The van der Waals surface area contributed by atoms with Crippen molar-refractivity contribution in [3.63, 3.8) is 0 Å². The van der Waals surface area contributed by atoms with Gasteiger partial charge < -0.3 is 14.7 Å². The van der Waals surface area contributed by atoms with E-state index in [9.17, 15) is 9.18 Å². The van der Waals surface area contributed by atoms with E-state index in [0.29, 0.717) is 37.6 Å². The highest BCUT2D eigenvalue weighted by Gasteiger charge is 2.73. The van der Waals surface area contributed by atoms with Gasteiger partial charge in [0.15, 0.2) is 5.82 Å². The number of hydrogen-bond acceptors (Lipinski definition) is 7. The molecule has 2 heterocycles. The largest absolute Gasteiger partial charge is 0.353 e. The maximum Gasteiger partial charge on any atom is 0.233 e. The van der Waals surface area contributed by atoms with Crippen LogP contribution >= 0.6 is 0 Å². The van der Waals surface area contributed by atoms with Gasteiger partial charge in [0.25, 0.3) is 0 Å². The Morgan fingerprint density at radius 1 is 1.02 bits per heavy atom. The van der Waals surface area contributed by atoms with E-state index in [1.807, 2.05) is 41.6 Å². The third-order valence-corrected chi connectivity index (χ3v) is 11.2. The molecule has 0 spiro atoms. The molecular formula is C34H41FN6O2. The minimum Gasteiger partial charge on any atom is -0.353 e. The summed E-state index contributed by atoms with van der Waals surface area (Å²) in [6.07, 6.45) is 13.1. The number of halogens is 1. The highest BCUT2D eigenvalue weighted by Crippen LogP contribution is 2.70. The molecule has 0 atom stereocenters. The van der Waals surface area contributed by atoms with E-state index in [1.54, 1.807) is 0 Å². The van der Waals surface area contributed by atoms with E-state index >= 15 is 0 Å². The fraction of sp³-hybridized carbons (Fsp3) is 0.618. The quantitative estimate of drug-likeness (QED) is 0.297. The van der Waals surface area contributed by atoms with Crippen LogP contribution in [0.15, 0.2) is 41.2 Å². The second-order valence-electron chi connectivity index (χ2n) is 15.6. The monoisotopic (exact) mass is 584 g/mol. The maximum atomic E-state index is 14.6. The molecule has 1 aromatic carbocycles. The van der Waals surface area contributed by atoms with Crippen LogP contribution in [0.1, 0.15) is 115 Å². The SMILES string of the molecule is CC(C)(C)c1nc(C23CCC(CN(C(=O)C45CC(F)(C4)C5)c4cccc(Nc5cnc(C6CC6)nc5)c4)(CC2)CC3)no1. The zero-order valence-electron chi connectivity index (χ0n) is 25.5. The summed E-state index contributed by atoms with van der Waals surface area (Å²) in [4.78, 5) is 30.2. The molecule has 2 aromatic heterocycles.